The van der Waals surface area contributed by atoms with Crippen LogP contribution in [0.15, 0.2) is 42.7 Å². The maximum absolute atomic E-state index is 5.68. The summed E-state index contributed by atoms with van der Waals surface area (Å²) in [4.78, 5) is 2.41. The third-order valence-corrected chi connectivity index (χ3v) is 4.66. The number of nitrogens with zero attached hydrogens (tertiary/aromatic N) is 3. The number of anilines is 1. The molecule has 1 aromatic heterocycles. The van der Waals surface area contributed by atoms with Crippen LogP contribution in [-0.2, 0) is 16.0 Å². The van der Waals surface area contributed by atoms with Crippen molar-refractivity contribution in [3.8, 4) is 0 Å². The van der Waals surface area contributed by atoms with Gasteiger partial charge in [0.2, 0.25) is 0 Å². The molecule has 0 bridgehead atoms. The highest BCUT2D eigenvalue weighted by Gasteiger charge is 2.27. The van der Waals surface area contributed by atoms with Gasteiger partial charge in [-0.25, -0.2) is 0 Å². The number of benzene rings is 1. The second-order valence-electron chi connectivity index (χ2n) is 6.27. The van der Waals surface area contributed by atoms with Gasteiger partial charge in [0.1, 0.15) is 0 Å². The van der Waals surface area contributed by atoms with Crippen LogP contribution >= 0.6 is 0 Å². The van der Waals surface area contributed by atoms with Gasteiger partial charge >= 0.3 is 0 Å². The van der Waals surface area contributed by atoms with Gasteiger partial charge in [-0.3, -0.25) is 4.68 Å². The maximum atomic E-state index is 5.68. The Bertz CT molecular complexity index is 607. The van der Waals surface area contributed by atoms with Gasteiger partial charge in [0.25, 0.3) is 0 Å². The van der Waals surface area contributed by atoms with Crippen molar-refractivity contribution in [3.63, 3.8) is 0 Å². The molecule has 2 heterocycles. The summed E-state index contributed by atoms with van der Waals surface area (Å²) in [7, 11) is 1.74. The fourth-order valence-corrected chi connectivity index (χ4v) is 3.36. The van der Waals surface area contributed by atoms with Crippen molar-refractivity contribution in [3.05, 3.63) is 48.3 Å². The molecule has 0 aliphatic carbocycles. The van der Waals surface area contributed by atoms with Crippen LogP contribution in [0.1, 0.15) is 53.0 Å². The van der Waals surface area contributed by atoms with E-state index in [4.69, 9.17) is 9.47 Å². The number of hydrogen-bond acceptors (Lipinski definition) is 4. The Kier molecular flexibility index (Phi) is 12.3. The predicted molar refractivity (Wildman–Crippen MR) is 118 cm³/mol. The molecule has 0 saturated carbocycles. The molecular formula is C23H39N3O2. The largest absolute Gasteiger partial charge is 0.369 e. The van der Waals surface area contributed by atoms with Crippen molar-refractivity contribution in [1.29, 1.82) is 0 Å². The van der Waals surface area contributed by atoms with Crippen LogP contribution in [-0.4, -0.2) is 42.9 Å². The van der Waals surface area contributed by atoms with E-state index in [1.165, 1.54) is 11.3 Å². The van der Waals surface area contributed by atoms with Gasteiger partial charge in [-0.1, -0.05) is 58.0 Å². The molecule has 1 saturated heterocycles. The lowest BCUT2D eigenvalue weighted by molar-refractivity contribution is -0.156. The van der Waals surface area contributed by atoms with Gasteiger partial charge in [-0.05, 0) is 25.3 Å². The second kappa shape index (κ2) is 14.2. The van der Waals surface area contributed by atoms with Crippen molar-refractivity contribution in [1.82, 2.24) is 9.78 Å². The third kappa shape index (κ3) is 7.28. The van der Waals surface area contributed by atoms with Crippen LogP contribution in [0.25, 0.3) is 0 Å². The highest BCUT2D eigenvalue weighted by Crippen LogP contribution is 2.26. The number of aromatic nitrogens is 2. The lowest BCUT2D eigenvalue weighted by Gasteiger charge is -2.35. The zero-order valence-electron chi connectivity index (χ0n) is 18.6. The summed E-state index contributed by atoms with van der Waals surface area (Å²) < 4.78 is 13.2. The number of ether oxygens (including phenoxy) is 2. The molecule has 5 nitrogen and oxygen atoms in total. The standard InChI is InChI=1S/C19H27N3O2.2C2H6/c1-3-24-19(23-2)17-9-11-21(12-10-17)18-13-20-22(15-18)14-16-7-5-4-6-8-16;2*1-2/h4-8,13,15,17,19H,3,9-12,14H2,1-2H3;2*1-2H3. The molecule has 0 radical (unpaired) electrons. The van der Waals surface area contributed by atoms with Crippen molar-refractivity contribution >= 4 is 5.69 Å². The van der Waals surface area contributed by atoms with Gasteiger partial charge in [0, 0.05) is 38.9 Å². The monoisotopic (exact) mass is 389 g/mol. The van der Waals surface area contributed by atoms with Crippen LogP contribution in [0.2, 0.25) is 0 Å². The number of methoxy groups -OCH3 is 1. The van der Waals surface area contributed by atoms with E-state index in [0.717, 1.165) is 32.5 Å². The number of hydrogen-bond donors (Lipinski definition) is 0. The minimum atomic E-state index is -0.0713. The van der Waals surface area contributed by atoms with E-state index in [0.29, 0.717) is 12.5 Å². The summed E-state index contributed by atoms with van der Waals surface area (Å²) in [6, 6.07) is 10.4. The summed E-state index contributed by atoms with van der Waals surface area (Å²) in [6.45, 7) is 13.6. The fourth-order valence-electron chi connectivity index (χ4n) is 3.36. The molecule has 0 amide bonds. The van der Waals surface area contributed by atoms with Crippen LogP contribution in [0.3, 0.4) is 0 Å². The Morgan fingerprint density at radius 3 is 2.29 bits per heavy atom. The number of piperidine rings is 1. The molecule has 1 unspecified atom stereocenters. The molecule has 1 fully saturated rings. The van der Waals surface area contributed by atoms with Crippen molar-refractivity contribution in [2.45, 2.75) is 60.3 Å². The van der Waals surface area contributed by atoms with Gasteiger partial charge < -0.3 is 14.4 Å². The lowest BCUT2D eigenvalue weighted by atomic mass is 9.96. The molecule has 1 aromatic carbocycles. The smallest absolute Gasteiger partial charge is 0.160 e. The molecule has 0 spiro atoms. The Labute approximate surface area is 171 Å². The first-order chi connectivity index (χ1) is 13.8. The topological polar surface area (TPSA) is 39.5 Å². The molecule has 158 valence electrons. The molecule has 2 aromatic rings. The van der Waals surface area contributed by atoms with E-state index >= 15 is 0 Å². The van der Waals surface area contributed by atoms with Crippen LogP contribution in [0, 0.1) is 5.92 Å². The second-order valence-corrected chi connectivity index (χ2v) is 6.27. The first-order valence-corrected chi connectivity index (χ1v) is 10.8. The lowest BCUT2D eigenvalue weighted by Crippen LogP contribution is -2.39. The zero-order chi connectivity index (χ0) is 20.8. The van der Waals surface area contributed by atoms with Crippen LogP contribution in [0.5, 0.6) is 0 Å². The van der Waals surface area contributed by atoms with Gasteiger partial charge in [0.15, 0.2) is 6.29 Å². The summed E-state index contributed by atoms with van der Waals surface area (Å²) in [5.41, 5.74) is 2.47. The van der Waals surface area contributed by atoms with E-state index in [1.807, 2.05) is 51.6 Å². The molecule has 1 atom stereocenters. The van der Waals surface area contributed by atoms with Gasteiger partial charge in [-0.15, -0.1) is 0 Å². The Morgan fingerprint density at radius 1 is 1.07 bits per heavy atom. The van der Waals surface area contributed by atoms with E-state index in [9.17, 15) is 0 Å². The molecule has 1 aliphatic heterocycles. The zero-order valence-corrected chi connectivity index (χ0v) is 18.6. The molecular weight excluding hydrogens is 350 g/mol. The van der Waals surface area contributed by atoms with E-state index in [-0.39, 0.29) is 6.29 Å². The first-order valence-electron chi connectivity index (χ1n) is 10.8. The number of rotatable bonds is 7. The minimum absolute atomic E-state index is 0.0713. The summed E-state index contributed by atoms with van der Waals surface area (Å²) in [6.07, 6.45) is 6.21. The van der Waals surface area contributed by atoms with Gasteiger partial charge in [-0.2, -0.15) is 5.10 Å². The Hall–Kier alpha value is -1.85. The third-order valence-electron chi connectivity index (χ3n) is 4.66. The summed E-state index contributed by atoms with van der Waals surface area (Å²) in [5.74, 6) is 0.477. The summed E-state index contributed by atoms with van der Waals surface area (Å²) >= 11 is 0. The normalized spacial score (nSPS) is 15.1. The average molecular weight is 390 g/mol. The molecule has 28 heavy (non-hydrogen) atoms. The van der Waals surface area contributed by atoms with Crippen molar-refractivity contribution < 1.29 is 9.47 Å². The Morgan fingerprint density at radius 2 is 1.71 bits per heavy atom. The summed E-state index contributed by atoms with van der Waals surface area (Å²) in [5, 5.41) is 4.51. The first kappa shape index (κ1) is 24.2. The minimum Gasteiger partial charge on any atom is -0.369 e. The quantitative estimate of drug-likeness (QED) is 0.610. The van der Waals surface area contributed by atoms with Crippen molar-refractivity contribution in [2.75, 3.05) is 31.7 Å². The average Bonchev–Trinajstić information content (AvgIpc) is 3.24. The Balaban J connectivity index is 0.000000921. The van der Waals surface area contributed by atoms with E-state index in [1.54, 1.807) is 7.11 Å². The van der Waals surface area contributed by atoms with Gasteiger partial charge in [0.05, 0.1) is 18.4 Å². The van der Waals surface area contributed by atoms with Crippen LogP contribution in [0.4, 0.5) is 5.69 Å². The predicted octanol–water partition coefficient (Wildman–Crippen LogP) is 5.21. The van der Waals surface area contributed by atoms with Crippen molar-refractivity contribution in [2.24, 2.45) is 5.92 Å². The maximum Gasteiger partial charge on any atom is 0.160 e. The molecule has 1 aliphatic rings. The SMILES string of the molecule is CC.CC.CCOC(OC)C1CCN(c2cnn(Cc3ccccc3)c2)CC1. The highest BCUT2D eigenvalue weighted by atomic mass is 16.7. The van der Waals surface area contributed by atoms with E-state index in [2.05, 4.69) is 40.5 Å². The fraction of sp³-hybridized carbons (Fsp3) is 0.609. The van der Waals surface area contributed by atoms with E-state index < -0.39 is 0 Å². The highest BCUT2D eigenvalue weighted by molar-refractivity contribution is 5.42. The molecule has 0 N–H and O–H groups in total. The van der Waals surface area contributed by atoms with Crippen LogP contribution < -0.4 is 4.90 Å². The molecule has 5 heteroatoms. The molecule has 3 rings (SSSR count).